The first kappa shape index (κ1) is 21.9. The van der Waals surface area contributed by atoms with Crippen LogP contribution in [0.4, 0.5) is 5.69 Å². The average Bonchev–Trinajstić information content (AvgIpc) is 2.82. The summed E-state index contributed by atoms with van der Waals surface area (Å²) in [6.07, 6.45) is 0.401. The van der Waals surface area contributed by atoms with Crippen molar-refractivity contribution in [1.29, 1.82) is 0 Å². The smallest absolute Gasteiger partial charge is 0.323 e. The van der Waals surface area contributed by atoms with E-state index in [-0.39, 0.29) is 0 Å². The minimum atomic E-state index is -1.19. The maximum atomic E-state index is 12.7. The van der Waals surface area contributed by atoms with Crippen LogP contribution in [0.15, 0.2) is 90.0 Å². The molecule has 1 N–H and O–H groups in total. The Hall–Kier alpha value is -3.80. The summed E-state index contributed by atoms with van der Waals surface area (Å²) in [6.45, 7) is 6.15. The number of nitrogens with one attached hydrogen (secondary N) is 1. The zero-order chi connectivity index (χ0) is 21.9. The van der Waals surface area contributed by atoms with Gasteiger partial charge < -0.3 is 14.4 Å². The summed E-state index contributed by atoms with van der Waals surface area (Å²) < 4.78 is 11.5. The summed E-state index contributed by atoms with van der Waals surface area (Å²) in [6, 6.07) is 26.1. The molecule has 0 saturated heterocycles. The fourth-order valence-corrected chi connectivity index (χ4v) is 2.96. The highest BCUT2D eigenvalue weighted by atomic mass is 16.7. The third kappa shape index (κ3) is 6.60. The number of anilines is 1. The third-order valence-corrected chi connectivity index (χ3v) is 4.60. The van der Waals surface area contributed by atoms with E-state index in [4.69, 9.17) is 9.47 Å². The molecule has 0 unspecified atom stereocenters. The highest BCUT2D eigenvalue weighted by molar-refractivity contribution is 5.84. The second-order valence-electron chi connectivity index (χ2n) is 6.69. The lowest BCUT2D eigenvalue weighted by atomic mass is 10.2. The Kier molecular flexibility index (Phi) is 8.05. The van der Waals surface area contributed by atoms with Crippen molar-refractivity contribution in [3.8, 4) is 11.5 Å². The van der Waals surface area contributed by atoms with Gasteiger partial charge in [0.25, 0.3) is 0 Å². The number of nitrogens with zero attached hydrogens (tertiary/aromatic N) is 2. The predicted octanol–water partition coefficient (Wildman–Crippen LogP) is 4.47. The molecule has 0 radical (unpaired) electrons. The van der Waals surface area contributed by atoms with E-state index >= 15 is 0 Å². The number of para-hydroxylation sites is 2. The largest absolute Gasteiger partial charge is 0.446 e. The van der Waals surface area contributed by atoms with Crippen LogP contribution in [0.5, 0.6) is 11.5 Å². The fraction of sp³-hybridized carbons (Fsp3) is 0.200. The lowest BCUT2D eigenvalue weighted by Gasteiger charge is -2.20. The first-order chi connectivity index (χ1) is 15.2. The molecule has 0 bridgehead atoms. The van der Waals surface area contributed by atoms with Crippen molar-refractivity contribution in [2.75, 3.05) is 18.0 Å². The van der Waals surface area contributed by atoms with Gasteiger partial charge in [0.2, 0.25) is 0 Å². The van der Waals surface area contributed by atoms with Gasteiger partial charge in [-0.1, -0.05) is 48.5 Å². The van der Waals surface area contributed by atoms with E-state index in [9.17, 15) is 4.79 Å². The molecule has 31 heavy (non-hydrogen) atoms. The Labute approximate surface area is 183 Å². The first-order valence-corrected chi connectivity index (χ1v) is 10.3. The highest BCUT2D eigenvalue weighted by Gasteiger charge is 2.22. The Balaban J connectivity index is 1.65. The number of rotatable bonds is 10. The summed E-state index contributed by atoms with van der Waals surface area (Å²) >= 11 is 0. The number of hydrazone groups is 1. The van der Waals surface area contributed by atoms with E-state index in [0.717, 1.165) is 24.3 Å². The van der Waals surface area contributed by atoms with Crippen molar-refractivity contribution in [3.05, 3.63) is 90.5 Å². The zero-order valence-corrected chi connectivity index (χ0v) is 17.8. The Morgan fingerprint density at radius 1 is 0.871 bits per heavy atom. The van der Waals surface area contributed by atoms with Crippen molar-refractivity contribution in [2.24, 2.45) is 5.10 Å². The van der Waals surface area contributed by atoms with Crippen molar-refractivity contribution in [2.45, 2.75) is 20.1 Å². The summed E-state index contributed by atoms with van der Waals surface area (Å²) in [7, 11) is 0. The van der Waals surface area contributed by atoms with E-state index in [0.29, 0.717) is 11.5 Å². The molecule has 6 nitrogen and oxygen atoms in total. The molecule has 0 heterocycles. The van der Waals surface area contributed by atoms with Crippen LogP contribution in [0.3, 0.4) is 0 Å². The molecule has 0 aliphatic rings. The van der Waals surface area contributed by atoms with Crippen LogP contribution in [0, 0.1) is 0 Å². The van der Waals surface area contributed by atoms with Crippen LogP contribution in [-0.2, 0) is 4.79 Å². The van der Waals surface area contributed by atoms with E-state index in [1.54, 1.807) is 30.5 Å². The van der Waals surface area contributed by atoms with Crippen LogP contribution in [0.2, 0.25) is 0 Å². The van der Waals surface area contributed by atoms with Gasteiger partial charge in [-0.15, -0.1) is 0 Å². The van der Waals surface area contributed by atoms with Gasteiger partial charge in [0, 0.05) is 18.8 Å². The van der Waals surface area contributed by atoms with Gasteiger partial charge in [-0.2, -0.15) is 5.10 Å². The average molecular weight is 418 g/mol. The molecule has 0 atom stereocenters. The minimum absolute atomic E-state index is 0.510. The Bertz CT molecular complexity index is 915. The number of carbonyl (C=O) groups is 1. The molecule has 0 fully saturated rings. The molecular weight excluding hydrogens is 390 g/mol. The number of hydrogen-bond donors (Lipinski definition) is 1. The van der Waals surface area contributed by atoms with Gasteiger partial charge in [-0.25, -0.2) is 5.43 Å². The van der Waals surface area contributed by atoms with Crippen LogP contribution in [-0.4, -0.2) is 31.5 Å². The molecule has 0 aliphatic heterocycles. The van der Waals surface area contributed by atoms with E-state index < -0.39 is 12.2 Å². The number of ether oxygens (including phenoxy) is 2. The molecule has 0 aromatic heterocycles. The number of carbonyl (C=O) groups excluding carboxylic acids is 1. The van der Waals surface area contributed by atoms with E-state index in [1.807, 2.05) is 60.7 Å². The van der Waals surface area contributed by atoms with Crippen molar-refractivity contribution >= 4 is 17.8 Å². The second-order valence-corrected chi connectivity index (χ2v) is 6.69. The van der Waals surface area contributed by atoms with Gasteiger partial charge in [0.1, 0.15) is 11.5 Å². The van der Waals surface area contributed by atoms with Crippen molar-refractivity contribution in [1.82, 2.24) is 5.43 Å². The lowest BCUT2D eigenvalue weighted by Crippen LogP contribution is -2.40. The molecule has 3 aromatic rings. The van der Waals surface area contributed by atoms with Crippen LogP contribution in [0.1, 0.15) is 19.4 Å². The number of hydrogen-bond acceptors (Lipinski definition) is 5. The third-order valence-electron chi connectivity index (χ3n) is 4.60. The molecule has 6 heteroatoms. The van der Waals surface area contributed by atoms with Gasteiger partial charge >= 0.3 is 12.2 Å². The quantitative estimate of drug-likeness (QED) is 0.300. The van der Waals surface area contributed by atoms with Gasteiger partial charge in [-0.3, -0.25) is 4.79 Å². The first-order valence-electron chi connectivity index (χ1n) is 10.3. The van der Waals surface area contributed by atoms with Crippen molar-refractivity contribution in [3.63, 3.8) is 0 Å². The summed E-state index contributed by atoms with van der Waals surface area (Å²) in [5.41, 5.74) is 4.53. The SMILES string of the molecule is CCN(CC)c1ccc(/C=N\NC(=O)C(Oc2ccccc2)Oc2ccccc2)cc1. The van der Waals surface area contributed by atoms with Crippen LogP contribution in [0.25, 0.3) is 0 Å². The summed E-state index contributed by atoms with van der Waals surface area (Å²) in [5.74, 6) is 0.535. The summed E-state index contributed by atoms with van der Waals surface area (Å²) in [4.78, 5) is 14.9. The molecule has 1 amide bonds. The Morgan fingerprint density at radius 2 is 1.39 bits per heavy atom. The van der Waals surface area contributed by atoms with Gasteiger partial charge in [0.15, 0.2) is 0 Å². The monoisotopic (exact) mass is 417 g/mol. The van der Waals surface area contributed by atoms with E-state index in [1.165, 1.54) is 0 Å². The van der Waals surface area contributed by atoms with Crippen LogP contribution >= 0.6 is 0 Å². The molecule has 0 aliphatic carbocycles. The number of amides is 1. The minimum Gasteiger partial charge on any atom is -0.446 e. The Morgan fingerprint density at radius 3 is 1.87 bits per heavy atom. The molecule has 3 rings (SSSR count). The van der Waals surface area contributed by atoms with Crippen molar-refractivity contribution < 1.29 is 14.3 Å². The molecular formula is C25H27N3O3. The number of benzene rings is 3. The molecule has 3 aromatic carbocycles. The van der Waals surface area contributed by atoms with Gasteiger partial charge in [0.05, 0.1) is 6.21 Å². The molecule has 0 spiro atoms. The predicted molar refractivity (Wildman–Crippen MR) is 124 cm³/mol. The zero-order valence-electron chi connectivity index (χ0n) is 17.8. The lowest BCUT2D eigenvalue weighted by molar-refractivity contribution is -0.140. The maximum absolute atomic E-state index is 12.7. The highest BCUT2D eigenvalue weighted by Crippen LogP contribution is 2.16. The van der Waals surface area contributed by atoms with E-state index in [2.05, 4.69) is 29.3 Å². The normalized spacial score (nSPS) is 10.8. The summed E-state index contributed by atoms with van der Waals surface area (Å²) in [5, 5.41) is 4.06. The second kappa shape index (κ2) is 11.4. The fourth-order valence-electron chi connectivity index (χ4n) is 2.96. The topological polar surface area (TPSA) is 63.2 Å². The van der Waals surface area contributed by atoms with Gasteiger partial charge in [-0.05, 0) is 55.8 Å². The van der Waals surface area contributed by atoms with Crippen LogP contribution < -0.4 is 19.8 Å². The molecule has 160 valence electrons. The maximum Gasteiger partial charge on any atom is 0.323 e. The molecule has 0 saturated carbocycles. The standard InChI is InChI=1S/C25H27N3O3/c1-3-28(4-2)21-17-15-20(16-18-21)19-26-27-24(29)25(30-22-11-7-5-8-12-22)31-23-13-9-6-10-14-23/h5-19,25H,3-4H2,1-2H3,(H,27,29)/b26-19-.